The molecule has 1 atom stereocenters. The largest absolute Gasteiger partial charge is 0.494 e. The number of ether oxygens (including phenoxy) is 1. The quantitative estimate of drug-likeness (QED) is 0.717. The van der Waals surface area contributed by atoms with Crippen molar-refractivity contribution < 1.29 is 4.74 Å². The molecule has 22 heavy (non-hydrogen) atoms. The molecule has 0 aliphatic carbocycles. The number of halogens is 1. The third-order valence-electron chi connectivity index (χ3n) is 3.67. The second kappa shape index (κ2) is 8.96. The zero-order valence-corrected chi connectivity index (χ0v) is 14.9. The zero-order valence-electron chi connectivity index (χ0n) is 13.3. The van der Waals surface area contributed by atoms with Crippen LogP contribution in [0.5, 0.6) is 5.75 Å². The van der Waals surface area contributed by atoms with Gasteiger partial charge in [0.2, 0.25) is 0 Å². The lowest BCUT2D eigenvalue weighted by Gasteiger charge is -2.16. The molecule has 0 saturated heterocycles. The van der Waals surface area contributed by atoms with E-state index in [2.05, 4.69) is 64.6 Å². The molecule has 3 heteroatoms. The molecule has 1 N–H and O–H groups in total. The lowest BCUT2D eigenvalue weighted by Crippen LogP contribution is -2.26. The summed E-state index contributed by atoms with van der Waals surface area (Å²) in [5, 5.41) is 3.59. The van der Waals surface area contributed by atoms with Gasteiger partial charge in [-0.3, -0.25) is 0 Å². The Bertz CT molecular complexity index is 571. The topological polar surface area (TPSA) is 21.3 Å². The van der Waals surface area contributed by atoms with E-state index in [0.29, 0.717) is 12.6 Å². The van der Waals surface area contributed by atoms with Crippen molar-refractivity contribution in [3.8, 4) is 5.75 Å². The molecule has 0 aliphatic heterocycles. The van der Waals surface area contributed by atoms with E-state index >= 15 is 0 Å². The first-order chi connectivity index (χ1) is 10.7. The number of aryl methyl sites for hydroxylation is 1. The Morgan fingerprint density at radius 3 is 2.64 bits per heavy atom. The molecular weight excluding hydrogens is 338 g/mol. The van der Waals surface area contributed by atoms with Crippen molar-refractivity contribution in [1.29, 1.82) is 0 Å². The molecule has 0 aromatic heterocycles. The number of hydrogen-bond donors (Lipinski definition) is 1. The summed E-state index contributed by atoms with van der Waals surface area (Å²) in [6.07, 6.45) is 2.23. The van der Waals surface area contributed by atoms with Gasteiger partial charge in [0.05, 0.1) is 6.61 Å². The van der Waals surface area contributed by atoms with E-state index in [1.807, 2.05) is 19.1 Å². The van der Waals surface area contributed by atoms with Crippen LogP contribution in [-0.4, -0.2) is 12.6 Å². The van der Waals surface area contributed by atoms with Gasteiger partial charge in [0.15, 0.2) is 0 Å². The second-order valence-corrected chi connectivity index (χ2v) is 6.41. The molecule has 2 aromatic rings. The van der Waals surface area contributed by atoms with E-state index in [1.165, 1.54) is 11.1 Å². The number of rotatable bonds is 8. The first-order valence-electron chi connectivity index (χ1n) is 7.87. The van der Waals surface area contributed by atoms with Crippen molar-refractivity contribution in [1.82, 2.24) is 5.32 Å². The predicted octanol–water partition coefficient (Wildman–Crippen LogP) is 4.96. The highest BCUT2D eigenvalue weighted by molar-refractivity contribution is 9.10. The van der Waals surface area contributed by atoms with Gasteiger partial charge in [-0.2, -0.15) is 0 Å². The van der Waals surface area contributed by atoms with Crippen molar-refractivity contribution in [3.05, 3.63) is 64.1 Å². The Labute approximate surface area is 142 Å². The summed E-state index contributed by atoms with van der Waals surface area (Å²) in [7, 11) is 0. The minimum absolute atomic E-state index is 0.466. The van der Waals surface area contributed by atoms with Crippen LogP contribution in [-0.2, 0) is 13.0 Å². The van der Waals surface area contributed by atoms with Crippen LogP contribution in [0.3, 0.4) is 0 Å². The molecule has 0 amide bonds. The second-order valence-electron chi connectivity index (χ2n) is 5.49. The molecule has 2 rings (SSSR count). The van der Waals surface area contributed by atoms with Gasteiger partial charge in [0.1, 0.15) is 5.75 Å². The van der Waals surface area contributed by atoms with E-state index < -0.39 is 0 Å². The van der Waals surface area contributed by atoms with Crippen LogP contribution in [0.25, 0.3) is 0 Å². The zero-order chi connectivity index (χ0) is 15.8. The van der Waals surface area contributed by atoms with Crippen molar-refractivity contribution in [2.24, 2.45) is 0 Å². The lowest BCUT2D eigenvalue weighted by atomic mass is 10.1. The summed E-state index contributed by atoms with van der Waals surface area (Å²) in [5.74, 6) is 0.966. The summed E-state index contributed by atoms with van der Waals surface area (Å²) in [4.78, 5) is 0. The standard InChI is InChI=1S/C19H24BrNO/c1-3-22-19-12-11-18(20)13-17(19)14-21-15(2)9-10-16-7-5-4-6-8-16/h4-8,11-13,15,21H,3,9-10,14H2,1-2H3/t15-/m0/s1. The Balaban J connectivity index is 1.85. The van der Waals surface area contributed by atoms with Crippen LogP contribution in [0.1, 0.15) is 31.4 Å². The summed E-state index contributed by atoms with van der Waals surface area (Å²) in [6, 6.07) is 17.3. The summed E-state index contributed by atoms with van der Waals surface area (Å²) in [6.45, 7) is 5.77. The first kappa shape index (κ1) is 17.0. The third-order valence-corrected chi connectivity index (χ3v) is 4.17. The highest BCUT2D eigenvalue weighted by Crippen LogP contribution is 2.23. The average Bonchev–Trinajstić information content (AvgIpc) is 2.54. The highest BCUT2D eigenvalue weighted by Gasteiger charge is 2.07. The van der Waals surface area contributed by atoms with E-state index in [4.69, 9.17) is 4.74 Å². The van der Waals surface area contributed by atoms with Crippen molar-refractivity contribution in [2.45, 2.75) is 39.3 Å². The van der Waals surface area contributed by atoms with Crippen molar-refractivity contribution >= 4 is 15.9 Å². The SMILES string of the molecule is CCOc1ccc(Br)cc1CN[C@@H](C)CCc1ccccc1. The predicted molar refractivity (Wildman–Crippen MR) is 96.4 cm³/mol. The Kier molecular flexibility index (Phi) is 6.94. The van der Waals surface area contributed by atoms with Crippen molar-refractivity contribution in [3.63, 3.8) is 0 Å². The van der Waals surface area contributed by atoms with Crippen LogP contribution >= 0.6 is 15.9 Å². The van der Waals surface area contributed by atoms with Gasteiger partial charge in [-0.1, -0.05) is 46.3 Å². The molecule has 0 heterocycles. The monoisotopic (exact) mass is 361 g/mol. The smallest absolute Gasteiger partial charge is 0.123 e. The lowest BCUT2D eigenvalue weighted by molar-refractivity contribution is 0.334. The summed E-state index contributed by atoms with van der Waals surface area (Å²) < 4.78 is 6.78. The van der Waals surface area contributed by atoms with Gasteiger partial charge in [-0.25, -0.2) is 0 Å². The summed E-state index contributed by atoms with van der Waals surface area (Å²) in [5.41, 5.74) is 2.59. The van der Waals surface area contributed by atoms with E-state index in [9.17, 15) is 0 Å². The fourth-order valence-electron chi connectivity index (χ4n) is 2.40. The molecule has 0 radical (unpaired) electrons. The molecule has 0 fully saturated rings. The van der Waals surface area contributed by atoms with Gasteiger partial charge in [-0.15, -0.1) is 0 Å². The van der Waals surface area contributed by atoms with Crippen LogP contribution in [0, 0.1) is 0 Å². The maximum atomic E-state index is 5.69. The molecule has 0 aliphatic rings. The average molecular weight is 362 g/mol. The maximum Gasteiger partial charge on any atom is 0.123 e. The fraction of sp³-hybridized carbons (Fsp3) is 0.368. The van der Waals surface area contributed by atoms with Crippen LogP contribution < -0.4 is 10.1 Å². The molecule has 118 valence electrons. The number of benzene rings is 2. The van der Waals surface area contributed by atoms with Gasteiger partial charge >= 0.3 is 0 Å². The Morgan fingerprint density at radius 2 is 1.91 bits per heavy atom. The van der Waals surface area contributed by atoms with Crippen LogP contribution in [0.15, 0.2) is 53.0 Å². The molecule has 0 unspecified atom stereocenters. The van der Waals surface area contributed by atoms with Crippen molar-refractivity contribution in [2.75, 3.05) is 6.61 Å². The molecular formula is C19H24BrNO. The van der Waals surface area contributed by atoms with Gasteiger partial charge < -0.3 is 10.1 Å². The minimum Gasteiger partial charge on any atom is -0.494 e. The van der Waals surface area contributed by atoms with E-state index in [-0.39, 0.29) is 0 Å². The van der Waals surface area contributed by atoms with Gasteiger partial charge in [0, 0.05) is 22.6 Å². The molecule has 0 bridgehead atoms. The first-order valence-corrected chi connectivity index (χ1v) is 8.67. The van der Waals surface area contributed by atoms with Gasteiger partial charge in [-0.05, 0) is 50.5 Å². The van der Waals surface area contributed by atoms with E-state index in [0.717, 1.165) is 29.6 Å². The summed E-state index contributed by atoms with van der Waals surface area (Å²) >= 11 is 3.53. The normalized spacial score (nSPS) is 12.1. The maximum absolute atomic E-state index is 5.69. The van der Waals surface area contributed by atoms with Crippen LogP contribution in [0.2, 0.25) is 0 Å². The van der Waals surface area contributed by atoms with Crippen LogP contribution in [0.4, 0.5) is 0 Å². The highest BCUT2D eigenvalue weighted by atomic mass is 79.9. The number of nitrogens with one attached hydrogen (secondary N) is 1. The molecule has 2 aromatic carbocycles. The number of hydrogen-bond acceptors (Lipinski definition) is 2. The molecule has 0 spiro atoms. The minimum atomic E-state index is 0.466. The fourth-order valence-corrected chi connectivity index (χ4v) is 2.81. The Hall–Kier alpha value is -1.32. The molecule has 0 saturated carbocycles. The molecule has 2 nitrogen and oxygen atoms in total. The Morgan fingerprint density at radius 1 is 1.14 bits per heavy atom. The van der Waals surface area contributed by atoms with E-state index in [1.54, 1.807) is 0 Å². The van der Waals surface area contributed by atoms with Gasteiger partial charge in [0.25, 0.3) is 0 Å². The third kappa shape index (κ3) is 5.47.